The number of aromatic nitrogens is 4. The maximum atomic E-state index is 17.6. The number of phenolic OH excluding ortho intramolecular Hbond substituents is 1. The van der Waals surface area contributed by atoms with Gasteiger partial charge in [-0.15, -0.1) is 6.42 Å². The molecule has 2 unspecified atom stereocenters. The molecule has 3 fully saturated rings. The van der Waals surface area contributed by atoms with Crippen LogP contribution in [0.15, 0.2) is 30.5 Å². The van der Waals surface area contributed by atoms with Crippen LogP contribution in [-0.2, 0) is 16.5 Å². The van der Waals surface area contributed by atoms with Crippen molar-refractivity contribution in [2.75, 3.05) is 71.6 Å². The van der Waals surface area contributed by atoms with E-state index in [2.05, 4.69) is 20.6 Å². The Morgan fingerprint density at radius 2 is 1.86 bits per heavy atom. The third kappa shape index (κ3) is 6.00. The highest BCUT2D eigenvalue weighted by molar-refractivity contribution is 6.18. The van der Waals surface area contributed by atoms with Crippen LogP contribution >= 0.6 is 0 Å². The van der Waals surface area contributed by atoms with Crippen molar-refractivity contribution in [3.05, 3.63) is 47.7 Å². The molecule has 0 radical (unpaired) electrons. The van der Waals surface area contributed by atoms with Crippen molar-refractivity contribution in [1.29, 1.82) is 0 Å². The monoisotopic (exact) mass is 697 g/mol. The van der Waals surface area contributed by atoms with Crippen LogP contribution in [0.4, 0.5) is 14.6 Å². The number of halogens is 2. The summed E-state index contributed by atoms with van der Waals surface area (Å²) < 4.78 is 51.9. The topological polar surface area (TPSA) is 101 Å². The number of fused-ring (bicyclic) bond motifs is 6. The quantitative estimate of drug-likeness (QED) is 0.172. The molecule has 2 aromatic heterocycles. The molecule has 11 nitrogen and oxygen atoms in total. The molecule has 266 valence electrons. The summed E-state index contributed by atoms with van der Waals surface area (Å²) >= 11 is 0. The molecule has 0 spiro atoms. The number of hydrogen-bond acceptors (Lipinski definition) is 10. The molecule has 5 heterocycles. The smallest absolute Gasteiger partial charge is 0.319 e. The van der Waals surface area contributed by atoms with Crippen molar-refractivity contribution in [3.63, 3.8) is 0 Å². The molecular formula is C38H41F2N7O4. The summed E-state index contributed by atoms with van der Waals surface area (Å²) in [5.74, 6) is 1.60. The van der Waals surface area contributed by atoms with Crippen LogP contribution in [0, 0.1) is 24.0 Å². The Kier molecular flexibility index (Phi) is 8.88. The number of phenols is 1. The number of morpholine rings is 1. The van der Waals surface area contributed by atoms with E-state index < -0.39 is 11.6 Å². The molecule has 8 rings (SSSR count). The van der Waals surface area contributed by atoms with E-state index in [1.54, 1.807) is 18.8 Å². The Morgan fingerprint density at radius 3 is 2.61 bits per heavy atom. The molecule has 3 saturated heterocycles. The van der Waals surface area contributed by atoms with Crippen molar-refractivity contribution in [1.82, 2.24) is 29.5 Å². The second-order valence-electron chi connectivity index (χ2n) is 13.9. The van der Waals surface area contributed by atoms with Gasteiger partial charge in [-0.3, -0.25) is 9.58 Å². The maximum absolute atomic E-state index is 17.6. The third-order valence-electron chi connectivity index (χ3n) is 10.5. The van der Waals surface area contributed by atoms with Crippen LogP contribution in [0.2, 0.25) is 0 Å². The zero-order valence-electron chi connectivity index (χ0n) is 29.0. The molecule has 13 heteroatoms. The first kappa shape index (κ1) is 33.5. The zero-order valence-corrected chi connectivity index (χ0v) is 29.0. The molecule has 3 aliphatic rings. The van der Waals surface area contributed by atoms with E-state index in [1.807, 2.05) is 13.2 Å². The number of terminal acetylenes is 1. The number of likely N-dealkylation sites (N-methyl/N-ethyl adjacent to an activating group) is 1. The van der Waals surface area contributed by atoms with Gasteiger partial charge in [0.05, 0.1) is 17.6 Å². The molecular weight excluding hydrogens is 656 g/mol. The standard InChI is InChI=1S/C38H41F2N7O4/c1-5-27-30(39)10-7-22-15-25(48)16-28(31(22)27)32-34(40)36-33(29-20-45(3)43-35(29)32)37(42-38(41-36)51-21-26-19-44(2)12-14-50-26)47-23-8-9-24(47)18-46(17-23)11-6-13-49-4/h1,7,10,15-16,20,23-24,26,48H,6,8-9,11-14,17-19,21H2,2-4H3/t23?,24?,26-/m1/s1. The van der Waals surface area contributed by atoms with Gasteiger partial charge in [0.25, 0.3) is 0 Å². The summed E-state index contributed by atoms with van der Waals surface area (Å²) in [6.07, 6.45) is 10.3. The van der Waals surface area contributed by atoms with Gasteiger partial charge in [-0.25, -0.2) is 8.78 Å². The van der Waals surface area contributed by atoms with Crippen LogP contribution in [0.3, 0.4) is 0 Å². The fourth-order valence-electron chi connectivity index (χ4n) is 8.26. The van der Waals surface area contributed by atoms with Crippen molar-refractivity contribution < 1.29 is 28.1 Å². The van der Waals surface area contributed by atoms with Crippen molar-refractivity contribution in [3.8, 4) is 35.2 Å². The number of piperazine rings is 1. The zero-order chi connectivity index (χ0) is 35.4. The van der Waals surface area contributed by atoms with E-state index in [0.29, 0.717) is 52.6 Å². The van der Waals surface area contributed by atoms with E-state index >= 15 is 8.78 Å². The lowest BCUT2D eigenvalue weighted by molar-refractivity contribution is -0.0416. The predicted molar refractivity (Wildman–Crippen MR) is 191 cm³/mol. The van der Waals surface area contributed by atoms with Crippen LogP contribution < -0.4 is 9.64 Å². The molecule has 1 N–H and O–H groups in total. The molecule has 0 saturated carbocycles. The highest BCUT2D eigenvalue weighted by atomic mass is 19.1. The first-order valence-electron chi connectivity index (χ1n) is 17.4. The van der Waals surface area contributed by atoms with Crippen LogP contribution in [0.1, 0.15) is 24.8 Å². The van der Waals surface area contributed by atoms with Gasteiger partial charge in [-0.1, -0.05) is 12.0 Å². The molecule has 3 aromatic carbocycles. The number of benzene rings is 3. The number of hydrogen-bond donors (Lipinski definition) is 1. The molecule has 2 bridgehead atoms. The number of methoxy groups -OCH3 is 1. The first-order valence-corrected chi connectivity index (χ1v) is 17.4. The van der Waals surface area contributed by atoms with Crippen molar-refractivity contribution in [2.24, 2.45) is 7.05 Å². The number of anilines is 1. The summed E-state index contributed by atoms with van der Waals surface area (Å²) in [7, 11) is 5.52. The molecule has 5 aromatic rings. The second-order valence-corrected chi connectivity index (χ2v) is 13.9. The summed E-state index contributed by atoms with van der Waals surface area (Å²) in [5.41, 5.74) is 0.607. The summed E-state index contributed by atoms with van der Waals surface area (Å²) in [4.78, 5) is 16.8. The fourth-order valence-corrected chi connectivity index (χ4v) is 8.26. The highest BCUT2D eigenvalue weighted by Gasteiger charge is 2.42. The van der Waals surface area contributed by atoms with Crippen molar-refractivity contribution >= 4 is 38.4 Å². The highest BCUT2D eigenvalue weighted by Crippen LogP contribution is 2.46. The Labute approximate surface area is 294 Å². The van der Waals surface area contributed by atoms with Gasteiger partial charge in [0.1, 0.15) is 41.1 Å². The van der Waals surface area contributed by atoms with E-state index in [0.717, 1.165) is 45.4 Å². The Bertz CT molecular complexity index is 2170. The number of aryl methyl sites for hydroxylation is 1. The van der Waals surface area contributed by atoms with Gasteiger partial charge in [0.15, 0.2) is 5.82 Å². The first-order chi connectivity index (χ1) is 24.7. The summed E-state index contributed by atoms with van der Waals surface area (Å²) in [6.45, 7) is 5.63. The van der Waals surface area contributed by atoms with E-state index in [4.69, 9.17) is 35.7 Å². The number of aromatic hydroxyl groups is 1. The summed E-state index contributed by atoms with van der Waals surface area (Å²) in [5, 5.41) is 17.5. The lowest BCUT2D eigenvalue weighted by Gasteiger charge is -2.42. The molecule has 0 aliphatic carbocycles. The van der Waals surface area contributed by atoms with Gasteiger partial charge in [0, 0.05) is 88.1 Å². The van der Waals surface area contributed by atoms with Gasteiger partial charge in [-0.2, -0.15) is 15.1 Å². The molecule has 51 heavy (non-hydrogen) atoms. The van der Waals surface area contributed by atoms with Gasteiger partial charge in [0.2, 0.25) is 0 Å². The predicted octanol–water partition coefficient (Wildman–Crippen LogP) is 4.70. The Balaban J connectivity index is 1.34. The number of ether oxygens (including phenoxy) is 3. The fraction of sp³-hybridized carbons (Fsp3) is 0.447. The number of rotatable bonds is 9. The van der Waals surface area contributed by atoms with Crippen LogP contribution in [0.5, 0.6) is 11.8 Å². The maximum Gasteiger partial charge on any atom is 0.319 e. The normalized spacial score (nSPS) is 21.3. The minimum Gasteiger partial charge on any atom is -0.508 e. The van der Waals surface area contributed by atoms with Gasteiger partial charge >= 0.3 is 6.01 Å². The number of nitrogens with zero attached hydrogens (tertiary/aromatic N) is 7. The van der Waals surface area contributed by atoms with Gasteiger partial charge in [-0.05, 0) is 55.5 Å². The Hall–Kier alpha value is -4.61. The third-order valence-corrected chi connectivity index (χ3v) is 10.5. The largest absolute Gasteiger partial charge is 0.508 e. The van der Waals surface area contributed by atoms with E-state index in [9.17, 15) is 5.11 Å². The minimum absolute atomic E-state index is 0.0316. The minimum atomic E-state index is -0.692. The lowest BCUT2D eigenvalue weighted by Crippen LogP contribution is -2.54. The molecule has 3 atom stereocenters. The average Bonchev–Trinajstić information content (AvgIpc) is 3.62. The van der Waals surface area contributed by atoms with Crippen LogP contribution in [-0.4, -0.2) is 120 Å². The summed E-state index contributed by atoms with van der Waals surface area (Å²) in [6, 6.07) is 5.99. The lowest BCUT2D eigenvalue weighted by atomic mass is 9.91. The van der Waals surface area contributed by atoms with Crippen LogP contribution in [0.25, 0.3) is 43.7 Å². The van der Waals surface area contributed by atoms with Gasteiger partial charge < -0.3 is 29.1 Å². The SMILES string of the molecule is C#Cc1c(F)ccc2cc(O)cc(-c3c(F)c4nc(OC[C@H]5CN(C)CCO5)nc(N5C6CCC5CN(CCCOC)C6)c4c4cn(C)nc34)c12. The molecule has 3 aliphatic heterocycles. The Morgan fingerprint density at radius 1 is 1.06 bits per heavy atom. The van der Waals surface area contributed by atoms with E-state index in [-0.39, 0.29) is 58.8 Å². The second kappa shape index (κ2) is 13.5. The van der Waals surface area contributed by atoms with E-state index in [1.165, 1.54) is 24.3 Å². The number of likely N-dealkylation sites (tertiary alicyclic amines) is 1. The van der Waals surface area contributed by atoms with Crippen molar-refractivity contribution in [2.45, 2.75) is 37.5 Å². The average molecular weight is 698 g/mol. The molecule has 0 amide bonds.